The molecule has 0 saturated heterocycles. The van der Waals surface area contributed by atoms with Crippen molar-refractivity contribution >= 4 is 52.6 Å². The third kappa shape index (κ3) is 7.95. The van der Waals surface area contributed by atoms with Crippen molar-refractivity contribution in [2.75, 3.05) is 18.1 Å². The quantitative estimate of drug-likeness (QED) is 0.413. The molecular weight excluding hydrogens is 393 g/mol. The fourth-order valence-corrected chi connectivity index (χ4v) is 4.34. The largest absolute Gasteiger partial charge is 0.355 e. The molecule has 134 valence electrons. The van der Waals surface area contributed by atoms with Crippen LogP contribution in [0.15, 0.2) is 47.4 Å². The highest BCUT2D eigenvalue weighted by molar-refractivity contribution is 7.99. The molecule has 25 heavy (non-hydrogen) atoms. The SMILES string of the molecule is Cc1ccc(SCCC(=O)NCCSCc2ccc(Cl)cc2Cl)cc1. The molecule has 2 rings (SSSR count). The predicted molar refractivity (Wildman–Crippen MR) is 112 cm³/mol. The summed E-state index contributed by atoms with van der Waals surface area (Å²) in [4.78, 5) is 13.0. The number of carbonyl (C=O) groups excluding carboxylic acids is 1. The molecule has 1 N–H and O–H groups in total. The molecule has 6 heteroatoms. The minimum atomic E-state index is 0.102. The summed E-state index contributed by atoms with van der Waals surface area (Å²) in [6, 6.07) is 13.9. The van der Waals surface area contributed by atoms with Gasteiger partial charge in [0.05, 0.1) is 0 Å². The lowest BCUT2D eigenvalue weighted by atomic mass is 10.2. The fraction of sp³-hybridized carbons (Fsp3) is 0.316. The summed E-state index contributed by atoms with van der Waals surface area (Å²) < 4.78 is 0. The van der Waals surface area contributed by atoms with Gasteiger partial charge in [0.15, 0.2) is 0 Å². The van der Waals surface area contributed by atoms with Crippen molar-refractivity contribution in [3.05, 3.63) is 63.6 Å². The van der Waals surface area contributed by atoms with Gasteiger partial charge in [-0.1, -0.05) is 47.0 Å². The molecule has 0 aliphatic heterocycles. The van der Waals surface area contributed by atoms with Gasteiger partial charge < -0.3 is 5.32 Å². The van der Waals surface area contributed by atoms with Crippen LogP contribution in [-0.4, -0.2) is 24.0 Å². The summed E-state index contributed by atoms with van der Waals surface area (Å²) in [5, 5.41) is 4.30. The van der Waals surface area contributed by atoms with Crippen molar-refractivity contribution < 1.29 is 4.79 Å². The monoisotopic (exact) mass is 413 g/mol. The molecule has 0 aliphatic rings. The van der Waals surface area contributed by atoms with Crippen LogP contribution >= 0.6 is 46.7 Å². The first kappa shape index (κ1) is 20.5. The number of carbonyl (C=O) groups is 1. The maximum absolute atomic E-state index is 11.8. The Labute approximate surface area is 168 Å². The average molecular weight is 414 g/mol. The molecule has 0 atom stereocenters. The second-order valence-electron chi connectivity index (χ2n) is 5.55. The molecular formula is C19H21Cl2NOS2. The Balaban J connectivity index is 1.55. The van der Waals surface area contributed by atoms with Gasteiger partial charge >= 0.3 is 0 Å². The van der Waals surface area contributed by atoms with Crippen LogP contribution in [0.2, 0.25) is 10.0 Å². The maximum atomic E-state index is 11.8. The van der Waals surface area contributed by atoms with E-state index in [1.165, 1.54) is 10.5 Å². The van der Waals surface area contributed by atoms with E-state index in [4.69, 9.17) is 23.2 Å². The lowest BCUT2D eigenvalue weighted by Gasteiger charge is -2.07. The number of halogens is 2. The topological polar surface area (TPSA) is 29.1 Å². The highest BCUT2D eigenvalue weighted by Gasteiger charge is 2.04. The third-order valence-corrected chi connectivity index (χ3v) is 6.07. The van der Waals surface area contributed by atoms with E-state index in [1.54, 1.807) is 29.6 Å². The van der Waals surface area contributed by atoms with E-state index < -0.39 is 0 Å². The van der Waals surface area contributed by atoms with Crippen molar-refractivity contribution in [1.82, 2.24) is 5.32 Å². The zero-order valence-corrected chi connectivity index (χ0v) is 17.2. The number of hydrogen-bond acceptors (Lipinski definition) is 3. The number of nitrogens with one attached hydrogen (secondary N) is 1. The molecule has 2 aromatic rings. The van der Waals surface area contributed by atoms with E-state index in [-0.39, 0.29) is 5.91 Å². The van der Waals surface area contributed by atoms with Crippen molar-refractivity contribution in [2.24, 2.45) is 0 Å². The number of benzene rings is 2. The Bertz CT molecular complexity index is 692. The lowest BCUT2D eigenvalue weighted by Crippen LogP contribution is -2.25. The highest BCUT2D eigenvalue weighted by Crippen LogP contribution is 2.24. The Morgan fingerprint density at radius 1 is 1.08 bits per heavy atom. The van der Waals surface area contributed by atoms with Crippen LogP contribution in [0.5, 0.6) is 0 Å². The van der Waals surface area contributed by atoms with Crippen LogP contribution < -0.4 is 5.32 Å². The first-order valence-corrected chi connectivity index (χ1v) is 10.9. The van der Waals surface area contributed by atoms with E-state index in [0.29, 0.717) is 23.0 Å². The maximum Gasteiger partial charge on any atom is 0.220 e. The first-order chi connectivity index (χ1) is 12.0. The summed E-state index contributed by atoms with van der Waals surface area (Å²) >= 11 is 15.5. The summed E-state index contributed by atoms with van der Waals surface area (Å²) in [7, 11) is 0. The van der Waals surface area contributed by atoms with Crippen LogP contribution in [0, 0.1) is 6.92 Å². The number of aryl methyl sites for hydroxylation is 1. The molecule has 0 aromatic heterocycles. The Kier molecular flexibility index (Phi) is 9.04. The summed E-state index contributed by atoms with van der Waals surface area (Å²) in [6.45, 7) is 2.74. The average Bonchev–Trinajstić information content (AvgIpc) is 2.58. The molecule has 0 fully saturated rings. The number of rotatable bonds is 9. The van der Waals surface area contributed by atoms with Gasteiger partial charge in [0, 0.05) is 45.2 Å². The lowest BCUT2D eigenvalue weighted by molar-refractivity contribution is -0.120. The van der Waals surface area contributed by atoms with Gasteiger partial charge in [-0.25, -0.2) is 0 Å². The summed E-state index contributed by atoms with van der Waals surface area (Å²) in [5.41, 5.74) is 2.32. The van der Waals surface area contributed by atoms with E-state index >= 15 is 0 Å². The number of thioether (sulfide) groups is 2. The van der Waals surface area contributed by atoms with Crippen LogP contribution in [0.1, 0.15) is 17.5 Å². The molecule has 0 radical (unpaired) electrons. The standard InChI is InChI=1S/C19H21Cl2NOS2/c1-14-2-6-17(7-3-14)25-10-8-19(23)22-9-11-24-13-15-4-5-16(20)12-18(15)21/h2-7,12H,8-11,13H2,1H3,(H,22,23). The number of amides is 1. The van der Waals surface area contributed by atoms with Crippen LogP contribution in [0.25, 0.3) is 0 Å². The normalized spacial score (nSPS) is 10.7. The Morgan fingerprint density at radius 3 is 2.56 bits per heavy atom. The van der Waals surface area contributed by atoms with Gasteiger partial charge in [-0.05, 0) is 36.8 Å². The van der Waals surface area contributed by atoms with Crippen molar-refractivity contribution in [2.45, 2.75) is 24.0 Å². The zero-order chi connectivity index (χ0) is 18.1. The van der Waals surface area contributed by atoms with Gasteiger partial charge in [-0.2, -0.15) is 11.8 Å². The molecule has 2 aromatic carbocycles. The van der Waals surface area contributed by atoms with Gasteiger partial charge in [0.2, 0.25) is 5.91 Å². The van der Waals surface area contributed by atoms with E-state index in [1.807, 2.05) is 12.1 Å². The van der Waals surface area contributed by atoms with Gasteiger partial charge in [-0.15, -0.1) is 11.8 Å². The smallest absolute Gasteiger partial charge is 0.220 e. The van der Waals surface area contributed by atoms with E-state index in [9.17, 15) is 4.79 Å². The molecule has 2 nitrogen and oxygen atoms in total. The van der Waals surface area contributed by atoms with Gasteiger partial charge in [-0.3, -0.25) is 4.79 Å². The van der Waals surface area contributed by atoms with E-state index in [0.717, 1.165) is 22.8 Å². The second kappa shape index (κ2) is 11.0. The predicted octanol–water partition coefficient (Wildman–Crippen LogP) is 5.83. The third-order valence-electron chi connectivity index (χ3n) is 3.46. The molecule has 0 unspecified atom stereocenters. The zero-order valence-electron chi connectivity index (χ0n) is 14.1. The Hall–Kier alpha value is -0.810. The van der Waals surface area contributed by atoms with Crippen molar-refractivity contribution in [3.8, 4) is 0 Å². The van der Waals surface area contributed by atoms with Crippen LogP contribution in [-0.2, 0) is 10.5 Å². The molecule has 1 amide bonds. The number of hydrogen-bond donors (Lipinski definition) is 1. The highest BCUT2D eigenvalue weighted by atomic mass is 35.5. The summed E-state index contributed by atoms with van der Waals surface area (Å²) in [5.74, 6) is 2.57. The molecule has 0 aliphatic carbocycles. The fourth-order valence-electron chi connectivity index (χ4n) is 2.07. The van der Waals surface area contributed by atoms with Gasteiger partial charge in [0.25, 0.3) is 0 Å². The second-order valence-corrected chi connectivity index (χ2v) is 8.67. The molecule has 0 heterocycles. The van der Waals surface area contributed by atoms with E-state index in [2.05, 4.69) is 36.5 Å². The van der Waals surface area contributed by atoms with Gasteiger partial charge in [0.1, 0.15) is 0 Å². The molecule has 0 spiro atoms. The van der Waals surface area contributed by atoms with Crippen molar-refractivity contribution in [1.29, 1.82) is 0 Å². The first-order valence-electron chi connectivity index (χ1n) is 8.02. The minimum Gasteiger partial charge on any atom is -0.355 e. The molecule has 0 saturated carbocycles. The molecule has 0 bridgehead atoms. The Morgan fingerprint density at radius 2 is 1.84 bits per heavy atom. The van der Waals surface area contributed by atoms with Crippen LogP contribution in [0.3, 0.4) is 0 Å². The van der Waals surface area contributed by atoms with Crippen LogP contribution in [0.4, 0.5) is 0 Å². The minimum absolute atomic E-state index is 0.102. The van der Waals surface area contributed by atoms with Crippen molar-refractivity contribution in [3.63, 3.8) is 0 Å². The summed E-state index contributed by atoms with van der Waals surface area (Å²) in [6.07, 6.45) is 0.534.